The Morgan fingerprint density at radius 3 is 2.89 bits per heavy atom. The molecule has 102 valence electrons. The third-order valence-corrected chi connectivity index (χ3v) is 3.56. The van der Waals surface area contributed by atoms with Crippen LogP contribution in [0.25, 0.3) is 0 Å². The van der Waals surface area contributed by atoms with E-state index >= 15 is 0 Å². The number of hydrogen-bond acceptors (Lipinski definition) is 4. The highest BCUT2D eigenvalue weighted by Crippen LogP contribution is 2.25. The molecule has 2 N–H and O–H groups in total. The maximum absolute atomic E-state index is 12.3. The van der Waals surface area contributed by atoms with E-state index in [4.69, 9.17) is 5.11 Å². The highest BCUT2D eigenvalue weighted by Gasteiger charge is 2.34. The molecule has 1 amide bonds. The maximum atomic E-state index is 12.3. The van der Waals surface area contributed by atoms with Gasteiger partial charge in [0, 0.05) is 18.3 Å². The lowest BCUT2D eigenvalue weighted by Gasteiger charge is -2.25. The number of aromatic carboxylic acids is 1. The van der Waals surface area contributed by atoms with Gasteiger partial charge in [0.1, 0.15) is 5.69 Å². The van der Waals surface area contributed by atoms with Gasteiger partial charge in [0.15, 0.2) is 0 Å². The molecular weight excluding hydrogens is 248 g/mol. The van der Waals surface area contributed by atoms with E-state index in [2.05, 4.69) is 4.98 Å². The molecule has 0 aliphatic carbocycles. The molecule has 1 aromatic rings. The number of carboxylic acids is 1. The number of hydrogen-bond donors (Lipinski definition) is 2. The topological polar surface area (TPSA) is 90.7 Å². The second-order valence-electron chi connectivity index (χ2n) is 4.75. The first kappa shape index (κ1) is 13.5. The monoisotopic (exact) mass is 264 g/mol. The minimum Gasteiger partial charge on any atom is -0.477 e. The molecule has 6 nitrogen and oxygen atoms in total. The Kier molecular flexibility index (Phi) is 3.80. The van der Waals surface area contributed by atoms with Gasteiger partial charge in [0.05, 0.1) is 12.6 Å². The molecule has 0 aromatic carbocycles. The first-order valence-electron chi connectivity index (χ1n) is 6.15. The molecule has 2 unspecified atom stereocenters. The molecular formula is C13H16N2O4. The van der Waals surface area contributed by atoms with Crippen molar-refractivity contribution in [2.24, 2.45) is 5.92 Å². The quantitative estimate of drug-likeness (QED) is 0.835. The van der Waals surface area contributed by atoms with Crippen molar-refractivity contribution in [2.75, 3.05) is 13.2 Å². The standard InChI is InChI=1S/C13H16N2O4/c1-8-3-5-15(11(8)7-16)12(17)9-2-4-14-10(6-9)13(18)19/h2,4,6,8,11,16H,3,5,7H2,1H3,(H,18,19). The predicted molar refractivity (Wildman–Crippen MR) is 66.9 cm³/mol. The van der Waals surface area contributed by atoms with Crippen LogP contribution in [-0.4, -0.2) is 51.2 Å². The lowest BCUT2D eigenvalue weighted by Crippen LogP contribution is -2.39. The normalized spacial score (nSPS) is 22.5. The van der Waals surface area contributed by atoms with Gasteiger partial charge < -0.3 is 15.1 Å². The maximum Gasteiger partial charge on any atom is 0.354 e. The first-order valence-corrected chi connectivity index (χ1v) is 6.15. The Labute approximate surface area is 110 Å². The van der Waals surface area contributed by atoms with Gasteiger partial charge in [0.25, 0.3) is 5.91 Å². The van der Waals surface area contributed by atoms with E-state index in [1.807, 2.05) is 6.92 Å². The Morgan fingerprint density at radius 2 is 2.26 bits per heavy atom. The van der Waals surface area contributed by atoms with E-state index < -0.39 is 5.97 Å². The summed E-state index contributed by atoms with van der Waals surface area (Å²) in [5, 5.41) is 18.2. The zero-order chi connectivity index (χ0) is 14.0. The first-order chi connectivity index (χ1) is 9.04. The van der Waals surface area contributed by atoms with Crippen molar-refractivity contribution >= 4 is 11.9 Å². The molecule has 0 radical (unpaired) electrons. The average Bonchev–Trinajstić information content (AvgIpc) is 2.79. The molecule has 19 heavy (non-hydrogen) atoms. The predicted octanol–water partition coefficient (Wildman–Crippen LogP) is 0.623. The van der Waals surface area contributed by atoms with E-state index in [1.54, 1.807) is 4.90 Å². The third kappa shape index (κ3) is 2.58. The molecule has 0 saturated carbocycles. The van der Waals surface area contributed by atoms with Crippen molar-refractivity contribution in [3.8, 4) is 0 Å². The second kappa shape index (κ2) is 5.36. The number of aliphatic hydroxyl groups is 1. The van der Waals surface area contributed by atoms with Gasteiger partial charge in [-0.15, -0.1) is 0 Å². The number of amides is 1. The van der Waals surface area contributed by atoms with E-state index in [0.717, 1.165) is 6.42 Å². The third-order valence-electron chi connectivity index (χ3n) is 3.56. The second-order valence-corrected chi connectivity index (χ2v) is 4.75. The van der Waals surface area contributed by atoms with Gasteiger partial charge in [-0.3, -0.25) is 4.79 Å². The van der Waals surface area contributed by atoms with Crippen molar-refractivity contribution in [1.29, 1.82) is 0 Å². The van der Waals surface area contributed by atoms with Gasteiger partial charge in [0.2, 0.25) is 0 Å². The Hall–Kier alpha value is -1.95. The number of rotatable bonds is 3. The summed E-state index contributed by atoms with van der Waals surface area (Å²) in [7, 11) is 0. The van der Waals surface area contributed by atoms with Crippen LogP contribution in [0.5, 0.6) is 0 Å². The summed E-state index contributed by atoms with van der Waals surface area (Å²) in [5.41, 5.74) is 0.138. The lowest BCUT2D eigenvalue weighted by molar-refractivity contribution is 0.0648. The average molecular weight is 264 g/mol. The number of nitrogens with zero attached hydrogens (tertiary/aromatic N) is 2. The fourth-order valence-electron chi connectivity index (χ4n) is 2.39. The number of carboxylic acid groups (broad SMARTS) is 1. The zero-order valence-corrected chi connectivity index (χ0v) is 10.6. The van der Waals surface area contributed by atoms with Crippen LogP contribution >= 0.6 is 0 Å². The van der Waals surface area contributed by atoms with Crippen LogP contribution in [0.4, 0.5) is 0 Å². The van der Waals surface area contributed by atoms with Crippen LogP contribution in [0.2, 0.25) is 0 Å². The van der Waals surface area contributed by atoms with Crippen LogP contribution in [0.15, 0.2) is 18.3 Å². The number of carbonyl (C=O) groups is 2. The van der Waals surface area contributed by atoms with Crippen molar-refractivity contribution in [1.82, 2.24) is 9.88 Å². The van der Waals surface area contributed by atoms with E-state index in [0.29, 0.717) is 12.1 Å². The highest BCUT2D eigenvalue weighted by molar-refractivity contribution is 5.97. The van der Waals surface area contributed by atoms with E-state index in [9.17, 15) is 14.7 Å². The number of carbonyl (C=O) groups excluding carboxylic acids is 1. The summed E-state index contributed by atoms with van der Waals surface area (Å²) in [6.07, 6.45) is 2.15. The zero-order valence-electron chi connectivity index (χ0n) is 10.6. The highest BCUT2D eigenvalue weighted by atomic mass is 16.4. The van der Waals surface area contributed by atoms with Crippen LogP contribution in [0.1, 0.15) is 34.2 Å². The molecule has 6 heteroatoms. The van der Waals surface area contributed by atoms with Crippen molar-refractivity contribution < 1.29 is 19.8 Å². The molecule has 1 saturated heterocycles. The smallest absolute Gasteiger partial charge is 0.354 e. The van der Waals surface area contributed by atoms with Gasteiger partial charge in [-0.1, -0.05) is 6.92 Å². The minimum atomic E-state index is -1.16. The van der Waals surface area contributed by atoms with Crippen LogP contribution in [0, 0.1) is 5.92 Å². The van der Waals surface area contributed by atoms with Crippen LogP contribution in [-0.2, 0) is 0 Å². The molecule has 1 aliphatic rings. The minimum absolute atomic E-state index is 0.0796. The summed E-state index contributed by atoms with van der Waals surface area (Å²) in [4.78, 5) is 28.5. The molecule has 1 aliphatic heterocycles. The Balaban J connectivity index is 2.24. The number of pyridine rings is 1. The SMILES string of the molecule is CC1CCN(C(=O)c2ccnc(C(=O)O)c2)C1CO. The number of aliphatic hydroxyl groups excluding tert-OH is 1. The Bertz CT molecular complexity index is 503. The summed E-state index contributed by atoms with van der Waals surface area (Å²) in [6, 6.07) is 2.56. The molecule has 1 aromatic heterocycles. The van der Waals surface area contributed by atoms with Crippen LogP contribution in [0.3, 0.4) is 0 Å². The number of likely N-dealkylation sites (tertiary alicyclic amines) is 1. The van der Waals surface area contributed by atoms with Crippen molar-refractivity contribution in [3.05, 3.63) is 29.6 Å². The summed E-state index contributed by atoms with van der Waals surface area (Å²) in [6.45, 7) is 2.49. The summed E-state index contributed by atoms with van der Waals surface area (Å²) >= 11 is 0. The Morgan fingerprint density at radius 1 is 1.53 bits per heavy atom. The molecule has 2 atom stereocenters. The van der Waals surface area contributed by atoms with Gasteiger partial charge in [-0.25, -0.2) is 9.78 Å². The molecule has 2 heterocycles. The van der Waals surface area contributed by atoms with Crippen molar-refractivity contribution in [2.45, 2.75) is 19.4 Å². The van der Waals surface area contributed by atoms with E-state index in [-0.39, 0.29) is 30.2 Å². The lowest BCUT2D eigenvalue weighted by atomic mass is 10.0. The largest absolute Gasteiger partial charge is 0.477 e. The van der Waals surface area contributed by atoms with Gasteiger partial charge in [-0.2, -0.15) is 0 Å². The molecule has 2 rings (SSSR count). The number of aromatic nitrogens is 1. The van der Waals surface area contributed by atoms with Crippen LogP contribution < -0.4 is 0 Å². The molecule has 1 fully saturated rings. The summed E-state index contributed by atoms with van der Waals surface area (Å²) in [5.74, 6) is -1.17. The fourth-order valence-corrected chi connectivity index (χ4v) is 2.39. The fraction of sp³-hybridized carbons (Fsp3) is 0.462. The van der Waals surface area contributed by atoms with Gasteiger partial charge in [-0.05, 0) is 24.5 Å². The van der Waals surface area contributed by atoms with E-state index in [1.165, 1.54) is 18.3 Å². The van der Waals surface area contributed by atoms with Crippen molar-refractivity contribution in [3.63, 3.8) is 0 Å². The molecule has 0 bridgehead atoms. The summed E-state index contributed by atoms with van der Waals surface area (Å²) < 4.78 is 0. The molecule has 0 spiro atoms. The van der Waals surface area contributed by atoms with Gasteiger partial charge >= 0.3 is 5.97 Å².